The van der Waals surface area contributed by atoms with Crippen LogP contribution in [-0.4, -0.2) is 39.3 Å². The van der Waals surface area contributed by atoms with Gasteiger partial charge >= 0.3 is 0 Å². The van der Waals surface area contributed by atoms with Crippen LogP contribution < -0.4 is 5.32 Å². The van der Waals surface area contributed by atoms with E-state index in [9.17, 15) is 4.79 Å². The molecule has 0 radical (unpaired) electrons. The molecule has 1 amide bonds. The molecule has 5 nitrogen and oxygen atoms in total. The van der Waals surface area contributed by atoms with Crippen molar-refractivity contribution >= 4 is 39.8 Å². The lowest BCUT2D eigenvalue weighted by molar-refractivity contribution is -0.129. The van der Waals surface area contributed by atoms with Gasteiger partial charge in [0.2, 0.25) is 11.0 Å². The van der Waals surface area contributed by atoms with Gasteiger partial charge in [0.1, 0.15) is 0 Å². The number of aryl methyl sites for hydroxylation is 1. The van der Waals surface area contributed by atoms with E-state index >= 15 is 0 Å². The SMILES string of the molecule is Cc1ccc(Nc2nnc(SCC(=O)N3CC4(C)CC3CC(C)(C)C4)s2)cc1. The zero-order chi connectivity index (χ0) is 19.9. The van der Waals surface area contributed by atoms with Gasteiger partial charge in [-0.15, -0.1) is 10.2 Å². The number of nitrogens with zero attached hydrogens (tertiary/aromatic N) is 3. The van der Waals surface area contributed by atoms with E-state index in [1.54, 1.807) is 0 Å². The summed E-state index contributed by atoms with van der Waals surface area (Å²) in [6.45, 7) is 9.98. The highest BCUT2D eigenvalue weighted by Crippen LogP contribution is 2.52. The van der Waals surface area contributed by atoms with Crippen LogP contribution in [0.25, 0.3) is 0 Å². The van der Waals surface area contributed by atoms with E-state index in [0.717, 1.165) is 34.5 Å². The summed E-state index contributed by atoms with van der Waals surface area (Å²) in [5, 5.41) is 12.5. The lowest BCUT2D eigenvalue weighted by Crippen LogP contribution is -2.38. The van der Waals surface area contributed by atoms with Crippen molar-refractivity contribution in [2.24, 2.45) is 10.8 Å². The number of carbonyl (C=O) groups excluding carboxylic acids is 1. The van der Waals surface area contributed by atoms with Crippen molar-refractivity contribution in [3.8, 4) is 0 Å². The number of rotatable bonds is 5. The van der Waals surface area contributed by atoms with Crippen molar-refractivity contribution < 1.29 is 4.79 Å². The minimum atomic E-state index is 0.236. The van der Waals surface area contributed by atoms with Crippen molar-refractivity contribution in [1.82, 2.24) is 15.1 Å². The third-order valence-electron chi connectivity index (χ3n) is 5.76. The zero-order valence-electron chi connectivity index (χ0n) is 17.0. The van der Waals surface area contributed by atoms with Crippen molar-refractivity contribution in [3.05, 3.63) is 29.8 Å². The van der Waals surface area contributed by atoms with Gasteiger partial charge in [0.15, 0.2) is 4.34 Å². The van der Waals surface area contributed by atoms with Crippen molar-refractivity contribution in [1.29, 1.82) is 0 Å². The van der Waals surface area contributed by atoms with Gasteiger partial charge in [0.05, 0.1) is 5.75 Å². The predicted octanol–water partition coefficient (Wildman–Crippen LogP) is 5.11. The molecule has 1 aliphatic carbocycles. The summed E-state index contributed by atoms with van der Waals surface area (Å²) in [7, 11) is 0. The first-order chi connectivity index (χ1) is 13.2. The standard InChI is InChI=1S/C21H28N4OS2/c1-14-5-7-15(8-6-14)22-18-23-24-19(28-18)27-11-17(26)25-13-21(4)10-16(25)9-20(2,3)12-21/h5-8,16H,9-13H2,1-4H3,(H,22,23). The van der Waals surface area contributed by atoms with E-state index < -0.39 is 0 Å². The quantitative estimate of drug-likeness (QED) is 0.687. The average Bonchev–Trinajstić information content (AvgIpc) is 3.15. The normalized spacial score (nSPS) is 25.7. The number of hydrogen-bond acceptors (Lipinski definition) is 6. The predicted molar refractivity (Wildman–Crippen MR) is 116 cm³/mol. The Hall–Kier alpha value is -1.60. The maximum absolute atomic E-state index is 12.9. The first kappa shape index (κ1) is 19.7. The fraction of sp³-hybridized carbons (Fsp3) is 0.571. The zero-order valence-corrected chi connectivity index (χ0v) is 18.6. The van der Waals surface area contributed by atoms with Gasteiger partial charge in [-0.2, -0.15) is 0 Å². The van der Waals surface area contributed by atoms with Crippen molar-refractivity contribution in [3.63, 3.8) is 0 Å². The lowest BCUT2D eigenvalue weighted by atomic mass is 9.65. The van der Waals surface area contributed by atoms with Crippen LogP contribution in [0.5, 0.6) is 0 Å². The van der Waals surface area contributed by atoms with Gasteiger partial charge in [-0.05, 0) is 49.1 Å². The van der Waals surface area contributed by atoms with Gasteiger partial charge in [0.25, 0.3) is 0 Å². The van der Waals surface area contributed by atoms with E-state index in [1.807, 2.05) is 12.1 Å². The number of likely N-dealkylation sites (tertiary alicyclic amines) is 1. The Labute approximate surface area is 175 Å². The smallest absolute Gasteiger partial charge is 0.233 e. The molecule has 150 valence electrons. The van der Waals surface area contributed by atoms with Crippen LogP contribution >= 0.6 is 23.1 Å². The van der Waals surface area contributed by atoms with Crippen LogP contribution in [0.15, 0.2) is 28.6 Å². The number of anilines is 2. The summed E-state index contributed by atoms with van der Waals surface area (Å²) in [5.74, 6) is 0.672. The molecule has 1 aromatic heterocycles. The fourth-order valence-electron chi connectivity index (χ4n) is 5.04. The Bertz CT molecular complexity index is 864. The number of hydrogen-bond donors (Lipinski definition) is 1. The Morgan fingerprint density at radius 3 is 2.75 bits per heavy atom. The van der Waals surface area contributed by atoms with Gasteiger partial charge in [0, 0.05) is 18.3 Å². The molecule has 2 bridgehead atoms. The maximum Gasteiger partial charge on any atom is 0.233 e. The Kier molecular flexibility index (Phi) is 5.16. The molecule has 7 heteroatoms. The summed E-state index contributed by atoms with van der Waals surface area (Å²) >= 11 is 2.99. The van der Waals surface area contributed by atoms with Gasteiger partial charge in [-0.1, -0.05) is 61.6 Å². The molecule has 2 heterocycles. The van der Waals surface area contributed by atoms with Crippen molar-refractivity contribution in [2.75, 3.05) is 17.6 Å². The third kappa shape index (κ3) is 4.35. The first-order valence-corrected chi connectivity index (χ1v) is 11.6. The molecule has 1 saturated carbocycles. The Morgan fingerprint density at radius 2 is 2.00 bits per heavy atom. The number of nitrogens with one attached hydrogen (secondary N) is 1. The minimum absolute atomic E-state index is 0.236. The third-order valence-corrected chi connectivity index (χ3v) is 7.72. The lowest BCUT2D eigenvalue weighted by Gasteiger charge is -2.39. The molecule has 0 spiro atoms. The molecular weight excluding hydrogens is 388 g/mol. The summed E-state index contributed by atoms with van der Waals surface area (Å²) in [4.78, 5) is 15.0. The fourth-order valence-corrected chi connectivity index (χ4v) is 6.70. The number of fused-ring (bicyclic) bond motifs is 2. The van der Waals surface area contributed by atoms with E-state index in [2.05, 4.69) is 60.2 Å². The first-order valence-electron chi connectivity index (χ1n) is 9.81. The molecule has 4 rings (SSSR count). The van der Waals surface area contributed by atoms with E-state index in [0.29, 0.717) is 17.2 Å². The Morgan fingerprint density at radius 1 is 1.25 bits per heavy atom. The topological polar surface area (TPSA) is 58.1 Å². The molecule has 1 aromatic carbocycles. The van der Waals surface area contributed by atoms with Crippen LogP contribution in [0.1, 0.15) is 45.6 Å². The number of aromatic nitrogens is 2. The number of amides is 1. The van der Waals surface area contributed by atoms with Gasteiger partial charge in [-0.25, -0.2) is 0 Å². The van der Waals surface area contributed by atoms with Crippen LogP contribution in [-0.2, 0) is 4.79 Å². The van der Waals surface area contributed by atoms with E-state index in [1.165, 1.54) is 35.1 Å². The van der Waals surface area contributed by atoms with Crippen LogP contribution in [0.4, 0.5) is 10.8 Å². The molecule has 1 N–H and O–H groups in total. The molecule has 2 fully saturated rings. The number of carbonyl (C=O) groups is 1. The molecule has 2 aromatic rings. The highest BCUT2D eigenvalue weighted by Gasteiger charge is 2.50. The summed E-state index contributed by atoms with van der Waals surface area (Å²) in [6.07, 6.45) is 3.47. The summed E-state index contributed by atoms with van der Waals surface area (Å²) in [5.41, 5.74) is 2.83. The second kappa shape index (κ2) is 7.34. The maximum atomic E-state index is 12.9. The summed E-state index contributed by atoms with van der Waals surface area (Å²) < 4.78 is 0.830. The molecular formula is C21H28N4OS2. The molecule has 1 aliphatic heterocycles. The highest BCUT2D eigenvalue weighted by atomic mass is 32.2. The van der Waals surface area contributed by atoms with Crippen molar-refractivity contribution in [2.45, 2.75) is 57.3 Å². The average molecular weight is 417 g/mol. The second-order valence-corrected chi connectivity index (χ2v) is 11.6. The van der Waals surface area contributed by atoms with Crippen LogP contribution in [0.2, 0.25) is 0 Å². The van der Waals surface area contributed by atoms with Gasteiger partial charge < -0.3 is 10.2 Å². The molecule has 28 heavy (non-hydrogen) atoms. The molecule has 2 atom stereocenters. The number of thioether (sulfide) groups is 1. The Balaban J connectivity index is 1.33. The summed E-state index contributed by atoms with van der Waals surface area (Å²) in [6, 6.07) is 8.58. The molecule has 1 saturated heterocycles. The minimum Gasteiger partial charge on any atom is -0.338 e. The largest absolute Gasteiger partial charge is 0.338 e. The van der Waals surface area contributed by atoms with E-state index in [-0.39, 0.29) is 11.3 Å². The second-order valence-electron chi connectivity index (χ2n) is 9.39. The monoisotopic (exact) mass is 416 g/mol. The van der Waals surface area contributed by atoms with Gasteiger partial charge in [-0.3, -0.25) is 4.79 Å². The van der Waals surface area contributed by atoms with E-state index in [4.69, 9.17) is 0 Å². The van der Waals surface area contributed by atoms with Crippen LogP contribution in [0, 0.1) is 17.8 Å². The molecule has 2 aliphatic rings. The molecule has 2 unspecified atom stereocenters. The highest BCUT2D eigenvalue weighted by molar-refractivity contribution is 8.01. The van der Waals surface area contributed by atoms with Crippen LogP contribution in [0.3, 0.4) is 0 Å². The number of benzene rings is 1.